The van der Waals surface area contributed by atoms with Crippen LogP contribution in [-0.4, -0.2) is 29.7 Å². The first kappa shape index (κ1) is 19.9. The van der Waals surface area contributed by atoms with E-state index in [1.165, 1.54) is 0 Å². The first-order valence-electron chi connectivity index (χ1n) is 3.97. The summed E-state index contributed by atoms with van der Waals surface area (Å²) < 4.78 is 5.47. The van der Waals surface area contributed by atoms with Crippen LogP contribution in [0.5, 0.6) is 5.75 Å². The van der Waals surface area contributed by atoms with Crippen LogP contribution >= 0.6 is 0 Å². The fourth-order valence-corrected chi connectivity index (χ4v) is 0.780. The maximum absolute atomic E-state index is 5.47. The molecular formula is C10H14Cl2MgO. The minimum absolute atomic E-state index is 0. The molecule has 76 valence electrons. The van der Waals surface area contributed by atoms with Gasteiger partial charge in [0.05, 0.1) is 6.61 Å². The number of benzene rings is 1. The van der Waals surface area contributed by atoms with Crippen molar-refractivity contribution in [3.05, 3.63) is 30.3 Å². The molecule has 4 heteroatoms. The van der Waals surface area contributed by atoms with Crippen molar-refractivity contribution in [1.82, 2.24) is 0 Å². The monoisotopic (exact) mass is 244 g/mol. The molecule has 0 radical (unpaired) electrons. The quantitative estimate of drug-likeness (QED) is 0.499. The van der Waals surface area contributed by atoms with Crippen molar-refractivity contribution < 1.29 is 29.6 Å². The number of rotatable bonds is 3. The van der Waals surface area contributed by atoms with E-state index in [0.717, 1.165) is 12.4 Å². The molecule has 0 N–H and O–H groups in total. The number of para-hydroxylation sites is 1. The number of hydrogen-bond donors (Lipinski definition) is 0. The summed E-state index contributed by atoms with van der Waals surface area (Å²) in [5.41, 5.74) is 0. The van der Waals surface area contributed by atoms with Crippen LogP contribution in [0.4, 0.5) is 0 Å². The van der Waals surface area contributed by atoms with E-state index in [-0.39, 0.29) is 47.9 Å². The van der Waals surface area contributed by atoms with Gasteiger partial charge in [-0.1, -0.05) is 32.0 Å². The Morgan fingerprint density at radius 3 is 2.00 bits per heavy atom. The second kappa shape index (κ2) is 11.4. The Kier molecular flexibility index (Phi) is 16.2. The average molecular weight is 245 g/mol. The van der Waals surface area contributed by atoms with Crippen LogP contribution in [0.1, 0.15) is 13.8 Å². The molecule has 1 rings (SSSR count). The third kappa shape index (κ3) is 8.94. The van der Waals surface area contributed by atoms with Crippen molar-refractivity contribution >= 4 is 23.1 Å². The predicted molar refractivity (Wildman–Crippen MR) is 52.5 cm³/mol. The molecule has 1 aromatic rings. The molecule has 0 atom stereocenters. The van der Waals surface area contributed by atoms with Gasteiger partial charge in [0, 0.05) is 0 Å². The van der Waals surface area contributed by atoms with Crippen molar-refractivity contribution in [1.29, 1.82) is 0 Å². The van der Waals surface area contributed by atoms with Crippen LogP contribution in [0, 0.1) is 5.92 Å². The van der Waals surface area contributed by atoms with Gasteiger partial charge in [0.15, 0.2) is 0 Å². The molecule has 0 aromatic heterocycles. The molecule has 0 aliphatic heterocycles. The van der Waals surface area contributed by atoms with Crippen molar-refractivity contribution in [2.75, 3.05) is 6.61 Å². The van der Waals surface area contributed by atoms with E-state index < -0.39 is 0 Å². The van der Waals surface area contributed by atoms with Crippen LogP contribution in [-0.2, 0) is 0 Å². The van der Waals surface area contributed by atoms with Gasteiger partial charge >= 0.3 is 23.1 Å². The van der Waals surface area contributed by atoms with Crippen LogP contribution in [0.25, 0.3) is 0 Å². The predicted octanol–water partition coefficient (Wildman–Crippen LogP) is -3.65. The third-order valence-electron chi connectivity index (χ3n) is 1.33. The minimum Gasteiger partial charge on any atom is -1.00 e. The molecule has 0 aliphatic rings. The summed E-state index contributed by atoms with van der Waals surface area (Å²) in [5.74, 6) is 1.55. The molecule has 0 fully saturated rings. The Hall–Kier alpha value is 0.366. The fourth-order valence-electron chi connectivity index (χ4n) is 0.780. The van der Waals surface area contributed by atoms with Crippen molar-refractivity contribution in [3.8, 4) is 5.75 Å². The zero-order valence-electron chi connectivity index (χ0n) is 8.54. The Balaban J connectivity index is -0.000000403. The van der Waals surface area contributed by atoms with Gasteiger partial charge in [-0.3, -0.25) is 0 Å². The molecule has 0 saturated heterocycles. The van der Waals surface area contributed by atoms with E-state index >= 15 is 0 Å². The van der Waals surface area contributed by atoms with Crippen molar-refractivity contribution in [2.45, 2.75) is 13.8 Å². The molecule has 0 unspecified atom stereocenters. The molecule has 1 nitrogen and oxygen atoms in total. The van der Waals surface area contributed by atoms with E-state index in [0.29, 0.717) is 5.92 Å². The zero-order chi connectivity index (χ0) is 8.10. The number of halogens is 2. The molecule has 0 heterocycles. The molecule has 0 spiro atoms. The largest absolute Gasteiger partial charge is 2.00 e. The van der Waals surface area contributed by atoms with Gasteiger partial charge in [-0.25, -0.2) is 0 Å². The fraction of sp³-hybridized carbons (Fsp3) is 0.400. The van der Waals surface area contributed by atoms with Crippen LogP contribution in [0.15, 0.2) is 30.3 Å². The molecule has 0 amide bonds. The SMILES string of the molecule is CC(C)COc1ccccc1.[Cl-].[Cl-].[Mg+2]. The Labute approximate surface area is 115 Å². The Morgan fingerprint density at radius 2 is 1.57 bits per heavy atom. The van der Waals surface area contributed by atoms with Crippen LogP contribution < -0.4 is 29.6 Å². The topological polar surface area (TPSA) is 9.23 Å². The van der Waals surface area contributed by atoms with E-state index in [1.807, 2.05) is 30.3 Å². The maximum Gasteiger partial charge on any atom is 2.00 e. The van der Waals surface area contributed by atoms with Gasteiger partial charge in [-0.05, 0) is 18.1 Å². The normalized spacial score (nSPS) is 7.93. The van der Waals surface area contributed by atoms with Gasteiger partial charge in [-0.15, -0.1) is 0 Å². The molecule has 14 heavy (non-hydrogen) atoms. The summed E-state index contributed by atoms with van der Waals surface area (Å²) >= 11 is 0. The molecule has 0 saturated carbocycles. The number of ether oxygens (including phenoxy) is 1. The number of hydrogen-bond acceptors (Lipinski definition) is 1. The molecule has 1 aromatic carbocycles. The van der Waals surface area contributed by atoms with Crippen molar-refractivity contribution in [2.24, 2.45) is 5.92 Å². The van der Waals surface area contributed by atoms with Gasteiger partial charge in [0.25, 0.3) is 0 Å². The Morgan fingerprint density at radius 1 is 1.07 bits per heavy atom. The third-order valence-corrected chi connectivity index (χ3v) is 1.33. The van der Waals surface area contributed by atoms with Gasteiger partial charge < -0.3 is 29.6 Å². The van der Waals surface area contributed by atoms with E-state index in [9.17, 15) is 0 Å². The zero-order valence-corrected chi connectivity index (χ0v) is 11.5. The van der Waals surface area contributed by atoms with Gasteiger partial charge in [-0.2, -0.15) is 0 Å². The summed E-state index contributed by atoms with van der Waals surface area (Å²) in [7, 11) is 0. The first-order valence-corrected chi connectivity index (χ1v) is 3.97. The summed E-state index contributed by atoms with van der Waals surface area (Å²) in [6.45, 7) is 5.08. The molecule has 0 aliphatic carbocycles. The van der Waals surface area contributed by atoms with E-state index in [2.05, 4.69) is 13.8 Å². The first-order chi connectivity index (χ1) is 5.29. The second-order valence-electron chi connectivity index (χ2n) is 3.02. The summed E-state index contributed by atoms with van der Waals surface area (Å²) in [5, 5.41) is 0. The van der Waals surface area contributed by atoms with Crippen molar-refractivity contribution in [3.63, 3.8) is 0 Å². The Bertz CT molecular complexity index is 205. The standard InChI is InChI=1S/C10H14O.2ClH.Mg/c1-9(2)8-11-10-6-4-3-5-7-10;;;/h3-7,9H,8H2,1-2H3;2*1H;/q;;;+2/p-2. The smallest absolute Gasteiger partial charge is 1.00 e. The maximum atomic E-state index is 5.47. The average Bonchev–Trinajstić information content (AvgIpc) is 2.03. The van der Waals surface area contributed by atoms with E-state index in [4.69, 9.17) is 4.74 Å². The van der Waals surface area contributed by atoms with Crippen LogP contribution in [0.2, 0.25) is 0 Å². The second-order valence-corrected chi connectivity index (χ2v) is 3.02. The van der Waals surface area contributed by atoms with Gasteiger partial charge in [0.1, 0.15) is 5.75 Å². The van der Waals surface area contributed by atoms with E-state index in [1.54, 1.807) is 0 Å². The summed E-state index contributed by atoms with van der Waals surface area (Å²) in [4.78, 5) is 0. The van der Waals surface area contributed by atoms with Gasteiger partial charge in [0.2, 0.25) is 0 Å². The molecular weight excluding hydrogens is 231 g/mol. The molecule has 0 bridgehead atoms. The summed E-state index contributed by atoms with van der Waals surface area (Å²) in [6, 6.07) is 9.90. The summed E-state index contributed by atoms with van der Waals surface area (Å²) in [6.07, 6.45) is 0. The minimum atomic E-state index is 0. The van der Waals surface area contributed by atoms with Crippen LogP contribution in [0.3, 0.4) is 0 Å².